The van der Waals surface area contributed by atoms with E-state index in [4.69, 9.17) is 4.74 Å². The summed E-state index contributed by atoms with van der Waals surface area (Å²) in [5, 5.41) is 9.93. The van der Waals surface area contributed by atoms with Crippen molar-refractivity contribution < 1.29 is 14.6 Å². The molecule has 0 saturated carbocycles. The van der Waals surface area contributed by atoms with E-state index in [1.807, 2.05) is 18.7 Å². The molecule has 2 unspecified atom stereocenters. The quantitative estimate of drug-likeness (QED) is 0.651. The minimum absolute atomic E-state index is 0.0335. The van der Waals surface area contributed by atoms with Crippen molar-refractivity contribution in [1.82, 2.24) is 19.6 Å². The summed E-state index contributed by atoms with van der Waals surface area (Å²) in [6.07, 6.45) is -0.448. The Labute approximate surface area is 146 Å². The number of rotatable bonds is 7. The highest BCUT2D eigenvalue weighted by Crippen LogP contribution is 2.11. The summed E-state index contributed by atoms with van der Waals surface area (Å²) in [6, 6.07) is -0.0335. The van der Waals surface area contributed by atoms with Crippen LogP contribution < -0.4 is 0 Å². The van der Waals surface area contributed by atoms with E-state index in [-0.39, 0.29) is 11.9 Å². The number of carbonyl (C=O) groups is 1. The molecule has 2 aliphatic rings. The van der Waals surface area contributed by atoms with Gasteiger partial charge in [-0.1, -0.05) is 0 Å². The molecule has 0 aromatic carbocycles. The number of amides is 1. The highest BCUT2D eigenvalue weighted by Gasteiger charge is 2.30. The van der Waals surface area contributed by atoms with Crippen molar-refractivity contribution in [3.8, 4) is 0 Å². The van der Waals surface area contributed by atoms with Gasteiger partial charge in [-0.25, -0.2) is 0 Å². The zero-order valence-corrected chi connectivity index (χ0v) is 15.5. The van der Waals surface area contributed by atoms with Crippen LogP contribution in [0.15, 0.2) is 0 Å². The lowest BCUT2D eigenvalue weighted by Gasteiger charge is -2.40. The molecule has 0 aliphatic carbocycles. The van der Waals surface area contributed by atoms with Gasteiger partial charge in [0.2, 0.25) is 5.91 Å². The molecule has 7 nitrogen and oxygen atoms in total. The number of ether oxygens (including phenoxy) is 1. The minimum atomic E-state index is -0.448. The summed E-state index contributed by atoms with van der Waals surface area (Å²) in [6.45, 7) is 12.7. The highest BCUT2D eigenvalue weighted by atomic mass is 16.5. The fourth-order valence-electron chi connectivity index (χ4n) is 3.39. The Balaban J connectivity index is 1.72. The molecule has 1 amide bonds. The number of hydrogen-bond acceptors (Lipinski definition) is 6. The molecule has 0 bridgehead atoms. The first-order chi connectivity index (χ1) is 11.5. The van der Waals surface area contributed by atoms with Crippen molar-refractivity contribution in [2.75, 3.05) is 79.2 Å². The van der Waals surface area contributed by atoms with Gasteiger partial charge in [0.15, 0.2) is 0 Å². The molecule has 7 heteroatoms. The fraction of sp³-hybridized carbons (Fsp3) is 0.941. The van der Waals surface area contributed by atoms with E-state index in [0.29, 0.717) is 19.8 Å². The van der Waals surface area contributed by atoms with Gasteiger partial charge < -0.3 is 19.6 Å². The molecule has 2 atom stereocenters. The summed E-state index contributed by atoms with van der Waals surface area (Å²) in [4.78, 5) is 21.5. The number of likely N-dealkylation sites (N-methyl/N-ethyl adjacent to an activating group) is 1. The molecular weight excluding hydrogens is 308 g/mol. The van der Waals surface area contributed by atoms with E-state index in [1.165, 1.54) is 0 Å². The van der Waals surface area contributed by atoms with Crippen molar-refractivity contribution in [3.63, 3.8) is 0 Å². The molecule has 0 aromatic heterocycles. The van der Waals surface area contributed by atoms with E-state index in [1.54, 1.807) is 0 Å². The fourth-order valence-corrected chi connectivity index (χ4v) is 3.39. The summed E-state index contributed by atoms with van der Waals surface area (Å²) < 4.78 is 5.25. The number of carbonyl (C=O) groups excluding carboxylic acids is 1. The highest BCUT2D eigenvalue weighted by molar-refractivity contribution is 5.81. The summed E-state index contributed by atoms with van der Waals surface area (Å²) in [7, 11) is 2.13. The van der Waals surface area contributed by atoms with Crippen LogP contribution in [-0.4, -0.2) is 122 Å². The number of aliphatic hydroxyl groups excluding tert-OH is 1. The second kappa shape index (κ2) is 9.68. The largest absolute Gasteiger partial charge is 0.389 e. The number of β-amino-alcohol motifs (C(OH)–C–C–N with tert-alkyl or cyclic N) is 1. The Morgan fingerprint density at radius 1 is 1.08 bits per heavy atom. The van der Waals surface area contributed by atoms with Gasteiger partial charge in [0, 0.05) is 65.5 Å². The van der Waals surface area contributed by atoms with Crippen LogP contribution in [0.5, 0.6) is 0 Å². The Morgan fingerprint density at radius 2 is 1.71 bits per heavy atom. The van der Waals surface area contributed by atoms with Crippen molar-refractivity contribution in [2.45, 2.75) is 26.0 Å². The van der Waals surface area contributed by atoms with Crippen LogP contribution in [0.4, 0.5) is 0 Å². The lowest BCUT2D eigenvalue weighted by atomic mass is 10.2. The number of piperazine rings is 2. The topological polar surface area (TPSA) is 59.5 Å². The molecule has 1 N–H and O–H groups in total. The zero-order valence-electron chi connectivity index (χ0n) is 15.5. The van der Waals surface area contributed by atoms with Crippen LogP contribution in [0.1, 0.15) is 13.8 Å². The summed E-state index contributed by atoms with van der Waals surface area (Å²) in [5.41, 5.74) is 0. The lowest BCUT2D eigenvalue weighted by molar-refractivity contribution is -0.139. The second-order valence-corrected chi connectivity index (χ2v) is 6.95. The lowest BCUT2D eigenvalue weighted by Crippen LogP contribution is -2.57. The molecule has 0 spiro atoms. The van der Waals surface area contributed by atoms with Gasteiger partial charge in [-0.15, -0.1) is 0 Å². The summed E-state index contributed by atoms with van der Waals surface area (Å²) in [5.74, 6) is 0.245. The normalized spacial score (nSPS) is 24.1. The van der Waals surface area contributed by atoms with Gasteiger partial charge in [-0.2, -0.15) is 0 Å². The number of nitrogens with zero attached hydrogens (tertiary/aromatic N) is 4. The predicted octanol–water partition coefficient (Wildman–Crippen LogP) is -0.836. The van der Waals surface area contributed by atoms with Gasteiger partial charge in [0.05, 0.1) is 18.8 Å². The smallest absolute Gasteiger partial charge is 0.239 e. The van der Waals surface area contributed by atoms with Crippen molar-refractivity contribution in [2.24, 2.45) is 0 Å². The van der Waals surface area contributed by atoms with Crippen LogP contribution in [0.25, 0.3) is 0 Å². The van der Waals surface area contributed by atoms with Crippen LogP contribution in [0.3, 0.4) is 0 Å². The van der Waals surface area contributed by atoms with Crippen LogP contribution in [-0.2, 0) is 9.53 Å². The molecule has 0 radical (unpaired) electrons. The molecule has 2 rings (SSSR count). The minimum Gasteiger partial charge on any atom is -0.389 e. The van der Waals surface area contributed by atoms with Gasteiger partial charge in [-0.3, -0.25) is 14.6 Å². The van der Waals surface area contributed by atoms with Crippen molar-refractivity contribution in [1.29, 1.82) is 0 Å². The van der Waals surface area contributed by atoms with Crippen LogP contribution >= 0.6 is 0 Å². The van der Waals surface area contributed by atoms with E-state index in [2.05, 4.69) is 21.7 Å². The molecule has 0 aromatic rings. The third-order valence-electron chi connectivity index (χ3n) is 5.11. The maximum absolute atomic E-state index is 12.7. The number of hydrogen-bond donors (Lipinski definition) is 1. The zero-order chi connectivity index (χ0) is 17.5. The molecule has 2 fully saturated rings. The maximum atomic E-state index is 12.7. The Morgan fingerprint density at radius 3 is 2.29 bits per heavy atom. The average Bonchev–Trinajstić information content (AvgIpc) is 2.60. The molecule has 2 heterocycles. The molecule has 2 saturated heterocycles. The predicted molar refractivity (Wildman–Crippen MR) is 94.1 cm³/mol. The van der Waals surface area contributed by atoms with Gasteiger partial charge in [-0.05, 0) is 20.9 Å². The SMILES string of the molecule is CCOCC(O)CN1CCN(C(=O)C(C)N2CCN(C)CC2)CC1. The van der Waals surface area contributed by atoms with Crippen LogP contribution in [0.2, 0.25) is 0 Å². The third-order valence-corrected chi connectivity index (χ3v) is 5.11. The first-order valence-electron chi connectivity index (χ1n) is 9.20. The molecule has 2 aliphatic heterocycles. The van der Waals surface area contributed by atoms with Crippen LogP contribution in [0, 0.1) is 0 Å². The van der Waals surface area contributed by atoms with E-state index in [9.17, 15) is 9.90 Å². The third kappa shape index (κ3) is 5.67. The van der Waals surface area contributed by atoms with Gasteiger partial charge in [0.1, 0.15) is 0 Å². The monoisotopic (exact) mass is 342 g/mol. The van der Waals surface area contributed by atoms with E-state index < -0.39 is 6.10 Å². The van der Waals surface area contributed by atoms with Crippen molar-refractivity contribution in [3.05, 3.63) is 0 Å². The average molecular weight is 342 g/mol. The molecular formula is C17H34N4O3. The van der Waals surface area contributed by atoms with E-state index in [0.717, 1.165) is 52.4 Å². The Hall–Kier alpha value is -0.730. The standard InChI is InChI=1S/C17H34N4O3/c1-4-24-14-16(22)13-19-7-11-21(12-8-19)17(23)15(2)20-9-5-18(3)6-10-20/h15-16,22H,4-14H2,1-3H3. The Bertz CT molecular complexity index is 380. The van der Waals surface area contributed by atoms with Gasteiger partial charge >= 0.3 is 0 Å². The molecule has 24 heavy (non-hydrogen) atoms. The molecule has 140 valence electrons. The number of aliphatic hydroxyl groups is 1. The maximum Gasteiger partial charge on any atom is 0.239 e. The first kappa shape index (κ1) is 19.6. The summed E-state index contributed by atoms with van der Waals surface area (Å²) >= 11 is 0. The second-order valence-electron chi connectivity index (χ2n) is 6.95. The Kier molecular flexibility index (Phi) is 7.90. The van der Waals surface area contributed by atoms with Gasteiger partial charge in [0.25, 0.3) is 0 Å². The van der Waals surface area contributed by atoms with E-state index >= 15 is 0 Å². The first-order valence-corrected chi connectivity index (χ1v) is 9.20. The van der Waals surface area contributed by atoms with Crippen molar-refractivity contribution >= 4 is 5.91 Å².